The quantitative estimate of drug-likeness (QED) is 0.447. The van der Waals surface area contributed by atoms with Crippen LogP contribution in [-0.4, -0.2) is 50.1 Å². The lowest BCUT2D eigenvalue weighted by molar-refractivity contribution is 0.0896. The van der Waals surface area contributed by atoms with Crippen LogP contribution >= 0.6 is 0 Å². The second kappa shape index (κ2) is 9.21. The van der Waals surface area contributed by atoms with Crippen LogP contribution in [0.25, 0.3) is 21.8 Å². The highest BCUT2D eigenvalue weighted by Gasteiger charge is 2.13. The van der Waals surface area contributed by atoms with Crippen LogP contribution in [0.4, 0.5) is 0 Å². The average Bonchev–Trinajstić information content (AvgIpc) is 2.79. The second-order valence-corrected chi connectivity index (χ2v) is 6.51. The lowest BCUT2D eigenvalue weighted by Crippen LogP contribution is -2.06. The number of aliphatic hydroxyl groups is 2. The van der Waals surface area contributed by atoms with Gasteiger partial charge in [-0.25, -0.2) is 0 Å². The number of fused-ring (bicyclic) bond motifs is 2. The maximum Gasteiger partial charge on any atom is 0.191 e. The molecule has 0 radical (unpaired) electrons. The predicted molar refractivity (Wildman–Crippen MR) is 113 cm³/mol. The Hall–Kier alpha value is -3.68. The lowest BCUT2D eigenvalue weighted by atomic mass is 10.0. The number of hydrogen-bond acceptors (Lipinski definition) is 7. The molecule has 0 unspecified atom stereocenters. The fraction of sp³-hybridized carbons (Fsp3) is 0.130. The van der Waals surface area contributed by atoms with Gasteiger partial charge >= 0.3 is 0 Å². The predicted octanol–water partition coefficient (Wildman–Crippen LogP) is 2.83. The van der Waals surface area contributed by atoms with Gasteiger partial charge < -0.3 is 15.3 Å². The number of Topliss-reactive ketones (excluding diaryl/α,β-unsaturated/α-hetero) is 2. The van der Waals surface area contributed by atoms with Crippen LogP contribution in [0.3, 0.4) is 0 Å². The molecule has 3 N–H and O–H groups in total. The molecule has 0 aliphatic rings. The van der Waals surface area contributed by atoms with Crippen LogP contribution in [0.5, 0.6) is 5.75 Å². The standard InChI is InChI=1S/C12H11NO2.C11H9NO3/c1-8-10(11(15)7-14)5-4-9-3-2-6-13-12(8)9;13-6-9(14)8-4-3-7-2-1-5-12-10(7)11(8)15/h2-6,14H,7H2,1H3;1-5,13,15H,6H2. The molecule has 7 nitrogen and oxygen atoms in total. The molecule has 0 aliphatic carbocycles. The molecule has 0 saturated heterocycles. The maximum absolute atomic E-state index is 11.4. The average molecular weight is 404 g/mol. The summed E-state index contributed by atoms with van der Waals surface area (Å²) in [6.45, 7) is 0.767. The molecule has 0 aliphatic heterocycles. The van der Waals surface area contributed by atoms with Gasteiger partial charge in [0.2, 0.25) is 0 Å². The highest BCUT2D eigenvalue weighted by Crippen LogP contribution is 2.26. The molecule has 152 valence electrons. The number of benzene rings is 2. The number of aryl methyl sites for hydroxylation is 1. The molecule has 2 aromatic carbocycles. The molecule has 2 aromatic heterocycles. The van der Waals surface area contributed by atoms with Crippen molar-refractivity contribution in [3.63, 3.8) is 0 Å². The van der Waals surface area contributed by atoms with E-state index in [1.54, 1.807) is 30.5 Å². The Bertz CT molecular complexity index is 1140. The van der Waals surface area contributed by atoms with Crippen LogP contribution in [0, 0.1) is 6.92 Å². The van der Waals surface area contributed by atoms with Gasteiger partial charge in [0.15, 0.2) is 17.3 Å². The van der Waals surface area contributed by atoms with E-state index in [0.717, 1.165) is 21.9 Å². The Morgan fingerprint density at radius 1 is 0.767 bits per heavy atom. The van der Waals surface area contributed by atoms with E-state index in [1.807, 2.05) is 25.1 Å². The lowest BCUT2D eigenvalue weighted by Gasteiger charge is -2.05. The summed E-state index contributed by atoms with van der Waals surface area (Å²) in [5.41, 5.74) is 2.66. The summed E-state index contributed by atoms with van der Waals surface area (Å²) in [5, 5.41) is 29.0. The van der Waals surface area contributed by atoms with Gasteiger partial charge in [0.1, 0.15) is 18.7 Å². The molecule has 30 heavy (non-hydrogen) atoms. The van der Waals surface area contributed by atoms with E-state index in [2.05, 4.69) is 9.97 Å². The normalized spacial score (nSPS) is 10.5. The third kappa shape index (κ3) is 4.17. The number of rotatable bonds is 4. The van der Waals surface area contributed by atoms with Gasteiger partial charge in [-0.05, 0) is 30.7 Å². The van der Waals surface area contributed by atoms with Gasteiger partial charge in [-0.15, -0.1) is 0 Å². The highest BCUT2D eigenvalue weighted by molar-refractivity contribution is 6.04. The first-order chi connectivity index (χ1) is 14.5. The van der Waals surface area contributed by atoms with E-state index < -0.39 is 19.0 Å². The summed E-state index contributed by atoms with van der Waals surface area (Å²) in [4.78, 5) is 30.8. The Balaban J connectivity index is 0.000000171. The third-order valence-electron chi connectivity index (χ3n) is 4.66. The summed E-state index contributed by atoms with van der Waals surface area (Å²) < 4.78 is 0. The Kier molecular flexibility index (Phi) is 6.46. The van der Waals surface area contributed by atoms with E-state index >= 15 is 0 Å². The summed E-state index contributed by atoms with van der Waals surface area (Å²) in [7, 11) is 0. The molecule has 0 atom stereocenters. The number of ketones is 2. The third-order valence-corrected chi connectivity index (χ3v) is 4.66. The topological polar surface area (TPSA) is 121 Å². The monoisotopic (exact) mass is 404 g/mol. The minimum Gasteiger partial charge on any atom is -0.505 e. The Morgan fingerprint density at radius 3 is 1.87 bits per heavy atom. The van der Waals surface area contributed by atoms with Gasteiger partial charge in [0.05, 0.1) is 11.1 Å². The number of hydrogen-bond donors (Lipinski definition) is 3. The van der Waals surface area contributed by atoms with Crippen molar-refractivity contribution in [2.75, 3.05) is 13.2 Å². The van der Waals surface area contributed by atoms with Gasteiger partial charge in [0.25, 0.3) is 0 Å². The summed E-state index contributed by atoms with van der Waals surface area (Å²) in [6.07, 6.45) is 3.23. The number of carbonyl (C=O) groups excluding carboxylic acids is 2. The second-order valence-electron chi connectivity index (χ2n) is 6.51. The fourth-order valence-corrected chi connectivity index (χ4v) is 3.12. The van der Waals surface area contributed by atoms with Crippen molar-refractivity contribution in [2.45, 2.75) is 6.92 Å². The summed E-state index contributed by atoms with van der Waals surface area (Å²) in [6, 6.07) is 14.1. The maximum atomic E-state index is 11.4. The summed E-state index contributed by atoms with van der Waals surface area (Å²) in [5.74, 6) is -0.952. The molecule has 0 saturated carbocycles. The molecule has 2 heterocycles. The number of phenols is 1. The van der Waals surface area contributed by atoms with E-state index in [1.165, 1.54) is 12.3 Å². The molecule has 0 amide bonds. The van der Waals surface area contributed by atoms with E-state index in [-0.39, 0.29) is 17.1 Å². The molecular formula is C23H20N2O5. The van der Waals surface area contributed by atoms with Crippen molar-refractivity contribution < 1.29 is 24.9 Å². The van der Waals surface area contributed by atoms with Gasteiger partial charge in [-0.2, -0.15) is 0 Å². The molecule has 7 heteroatoms. The number of aromatic nitrogens is 2. The van der Waals surface area contributed by atoms with Crippen LogP contribution in [0.2, 0.25) is 0 Å². The molecule has 0 fully saturated rings. The number of carbonyl (C=O) groups is 2. The van der Waals surface area contributed by atoms with Gasteiger partial charge in [0, 0.05) is 28.7 Å². The minimum absolute atomic E-state index is 0.101. The molecule has 0 spiro atoms. The summed E-state index contributed by atoms with van der Waals surface area (Å²) >= 11 is 0. The molecule has 4 rings (SSSR count). The van der Waals surface area contributed by atoms with Crippen molar-refractivity contribution in [1.29, 1.82) is 0 Å². The Labute approximate surface area is 172 Å². The zero-order valence-corrected chi connectivity index (χ0v) is 16.2. The first kappa shape index (κ1) is 21.0. The van der Waals surface area contributed by atoms with E-state index in [9.17, 15) is 14.7 Å². The van der Waals surface area contributed by atoms with Crippen molar-refractivity contribution >= 4 is 33.4 Å². The van der Waals surface area contributed by atoms with Gasteiger partial charge in [-0.3, -0.25) is 19.6 Å². The zero-order valence-electron chi connectivity index (χ0n) is 16.2. The fourth-order valence-electron chi connectivity index (χ4n) is 3.12. The van der Waals surface area contributed by atoms with Crippen molar-refractivity contribution in [1.82, 2.24) is 9.97 Å². The van der Waals surface area contributed by atoms with Crippen LogP contribution in [0.15, 0.2) is 60.9 Å². The molecule has 0 bridgehead atoms. The molecule has 4 aromatic rings. The van der Waals surface area contributed by atoms with Gasteiger partial charge in [-0.1, -0.05) is 30.3 Å². The SMILES string of the molecule is Cc1c(C(=O)CO)ccc2cccnc12.O=C(CO)c1ccc2cccnc2c1O. The van der Waals surface area contributed by atoms with Crippen molar-refractivity contribution in [2.24, 2.45) is 0 Å². The van der Waals surface area contributed by atoms with Crippen LogP contribution in [0.1, 0.15) is 26.3 Å². The number of pyridine rings is 2. The largest absolute Gasteiger partial charge is 0.505 e. The molecular weight excluding hydrogens is 384 g/mol. The zero-order chi connectivity index (χ0) is 21.7. The number of aromatic hydroxyl groups is 1. The van der Waals surface area contributed by atoms with E-state index in [4.69, 9.17) is 10.2 Å². The number of aliphatic hydroxyl groups excluding tert-OH is 2. The van der Waals surface area contributed by atoms with Crippen molar-refractivity contribution in [3.05, 3.63) is 77.6 Å². The smallest absolute Gasteiger partial charge is 0.191 e. The minimum atomic E-state index is -0.619. The van der Waals surface area contributed by atoms with Crippen LogP contribution < -0.4 is 0 Å². The van der Waals surface area contributed by atoms with Crippen molar-refractivity contribution in [3.8, 4) is 5.75 Å². The van der Waals surface area contributed by atoms with Crippen LogP contribution in [-0.2, 0) is 0 Å². The van der Waals surface area contributed by atoms with E-state index in [0.29, 0.717) is 11.1 Å². The number of nitrogens with zero attached hydrogens (tertiary/aromatic N) is 2. The first-order valence-electron chi connectivity index (χ1n) is 9.17. The highest BCUT2D eigenvalue weighted by atomic mass is 16.3. The first-order valence-corrected chi connectivity index (χ1v) is 9.17. The Morgan fingerprint density at radius 2 is 1.27 bits per heavy atom. The number of phenolic OH excluding ortho intramolecular Hbond substituents is 1.